The summed E-state index contributed by atoms with van der Waals surface area (Å²) in [5, 5.41) is 34.6. The Bertz CT molecular complexity index is 1350. The first-order chi connectivity index (χ1) is 16.9. The smallest absolute Gasteiger partial charge is 0.257 e. The summed E-state index contributed by atoms with van der Waals surface area (Å²) in [6.07, 6.45) is 1.62. The van der Waals surface area contributed by atoms with Crippen LogP contribution in [0.3, 0.4) is 0 Å². The molecule has 0 fully saturated rings. The van der Waals surface area contributed by atoms with Gasteiger partial charge in [-0.1, -0.05) is 36.4 Å². The van der Waals surface area contributed by atoms with Crippen LogP contribution < -0.4 is 4.74 Å². The van der Waals surface area contributed by atoms with Gasteiger partial charge in [-0.2, -0.15) is 5.10 Å². The van der Waals surface area contributed by atoms with E-state index in [9.17, 15) is 15.0 Å². The normalized spacial score (nSPS) is 10.8. The van der Waals surface area contributed by atoms with Gasteiger partial charge in [0.15, 0.2) is 0 Å². The van der Waals surface area contributed by atoms with E-state index >= 15 is 0 Å². The molecule has 3 aromatic carbocycles. The number of phenolic OH excluding ortho intramolecular Hbond substituents is 2. The van der Waals surface area contributed by atoms with E-state index in [1.165, 1.54) is 17.0 Å². The number of hydrogen-bond donors (Lipinski definition) is 3. The standard InChI is InChI=1S/C27H27N3O5/c1-18-7-3-5-9-22(18)30-23(11-12-28-30)20-15-21(25(33)16-24(20)32)27(34)29(2)17-19-8-4-6-10-26(19)35-14-13-31/h3-12,15-16,31-33H,13-14,17H2,1-2H3. The summed E-state index contributed by atoms with van der Waals surface area (Å²) in [6, 6.07) is 19.3. The third kappa shape index (κ3) is 4.97. The number of hydrogen-bond acceptors (Lipinski definition) is 6. The molecule has 0 bridgehead atoms. The highest BCUT2D eigenvalue weighted by Gasteiger charge is 2.22. The van der Waals surface area contributed by atoms with E-state index in [1.54, 1.807) is 30.1 Å². The molecule has 35 heavy (non-hydrogen) atoms. The zero-order chi connectivity index (χ0) is 24.9. The predicted octanol–water partition coefficient (Wildman–Crippen LogP) is 3.90. The van der Waals surface area contributed by atoms with Crippen LogP contribution >= 0.6 is 0 Å². The fraction of sp³-hybridized carbons (Fsp3) is 0.185. The molecule has 4 aromatic rings. The Labute approximate surface area is 203 Å². The van der Waals surface area contributed by atoms with E-state index < -0.39 is 5.91 Å². The number of carbonyl (C=O) groups is 1. The monoisotopic (exact) mass is 473 g/mol. The number of aryl methyl sites for hydroxylation is 1. The van der Waals surface area contributed by atoms with Crippen molar-refractivity contribution >= 4 is 5.91 Å². The van der Waals surface area contributed by atoms with E-state index in [-0.39, 0.29) is 36.8 Å². The Balaban J connectivity index is 1.67. The zero-order valence-electron chi connectivity index (χ0n) is 19.5. The number of aliphatic hydroxyl groups excluding tert-OH is 1. The minimum absolute atomic E-state index is 0.0478. The number of aromatic hydroxyl groups is 2. The molecule has 0 saturated carbocycles. The van der Waals surface area contributed by atoms with Crippen LogP contribution in [0.15, 0.2) is 72.9 Å². The maximum atomic E-state index is 13.3. The van der Waals surface area contributed by atoms with Gasteiger partial charge in [-0.25, -0.2) is 4.68 Å². The average Bonchev–Trinajstić information content (AvgIpc) is 3.33. The van der Waals surface area contributed by atoms with E-state index in [2.05, 4.69) is 5.10 Å². The van der Waals surface area contributed by atoms with Gasteiger partial charge in [0.25, 0.3) is 5.91 Å². The van der Waals surface area contributed by atoms with E-state index in [0.29, 0.717) is 17.0 Å². The van der Waals surface area contributed by atoms with Gasteiger partial charge in [-0.05, 0) is 36.8 Å². The molecule has 1 heterocycles. The van der Waals surface area contributed by atoms with Crippen LogP contribution in [0, 0.1) is 6.92 Å². The van der Waals surface area contributed by atoms with Crippen molar-refractivity contribution in [2.24, 2.45) is 0 Å². The minimum Gasteiger partial charge on any atom is -0.507 e. The van der Waals surface area contributed by atoms with Crippen LogP contribution in [0.1, 0.15) is 21.5 Å². The molecule has 1 aromatic heterocycles. The molecule has 0 unspecified atom stereocenters. The molecular formula is C27H27N3O5. The van der Waals surface area contributed by atoms with Gasteiger partial charge in [-0.15, -0.1) is 0 Å². The maximum Gasteiger partial charge on any atom is 0.257 e. The molecule has 8 nitrogen and oxygen atoms in total. The van der Waals surface area contributed by atoms with Crippen molar-refractivity contribution in [1.82, 2.24) is 14.7 Å². The quantitative estimate of drug-likeness (QED) is 0.358. The van der Waals surface area contributed by atoms with Gasteiger partial charge in [0.1, 0.15) is 23.9 Å². The van der Waals surface area contributed by atoms with Crippen molar-refractivity contribution in [3.63, 3.8) is 0 Å². The number of carbonyl (C=O) groups excluding carboxylic acids is 1. The fourth-order valence-electron chi connectivity index (χ4n) is 3.92. The minimum atomic E-state index is -0.428. The summed E-state index contributed by atoms with van der Waals surface area (Å²) in [6.45, 7) is 2.21. The summed E-state index contributed by atoms with van der Waals surface area (Å²) in [5.41, 5.74) is 3.58. The van der Waals surface area contributed by atoms with Gasteiger partial charge < -0.3 is 25.0 Å². The third-order valence-electron chi connectivity index (χ3n) is 5.68. The molecule has 0 saturated heterocycles. The number of rotatable bonds is 8. The number of amides is 1. The highest BCUT2D eigenvalue weighted by atomic mass is 16.5. The second kappa shape index (κ2) is 10.3. The predicted molar refractivity (Wildman–Crippen MR) is 132 cm³/mol. The van der Waals surface area contributed by atoms with Gasteiger partial charge >= 0.3 is 0 Å². The van der Waals surface area contributed by atoms with Crippen molar-refractivity contribution in [3.8, 4) is 34.2 Å². The summed E-state index contributed by atoms with van der Waals surface area (Å²) in [7, 11) is 1.62. The van der Waals surface area contributed by atoms with Crippen LogP contribution in [0.25, 0.3) is 16.9 Å². The molecule has 0 atom stereocenters. The molecule has 4 rings (SSSR count). The van der Waals surface area contributed by atoms with Gasteiger partial charge in [0.05, 0.1) is 29.7 Å². The third-order valence-corrected chi connectivity index (χ3v) is 5.68. The van der Waals surface area contributed by atoms with Gasteiger partial charge in [0.2, 0.25) is 0 Å². The second-order valence-electron chi connectivity index (χ2n) is 8.14. The Morgan fingerprint density at radius 1 is 1.03 bits per heavy atom. The Kier molecular flexibility index (Phi) is 7.03. The fourth-order valence-corrected chi connectivity index (χ4v) is 3.92. The number of aromatic nitrogens is 2. The first kappa shape index (κ1) is 23.8. The first-order valence-electron chi connectivity index (χ1n) is 11.1. The van der Waals surface area contributed by atoms with Crippen molar-refractivity contribution in [2.45, 2.75) is 13.5 Å². The lowest BCUT2D eigenvalue weighted by Gasteiger charge is -2.20. The number of para-hydroxylation sites is 2. The average molecular weight is 474 g/mol. The van der Waals surface area contributed by atoms with E-state index in [1.807, 2.05) is 49.4 Å². The molecule has 8 heteroatoms. The number of nitrogens with zero attached hydrogens (tertiary/aromatic N) is 3. The topological polar surface area (TPSA) is 108 Å². The SMILES string of the molecule is Cc1ccccc1-n1nccc1-c1cc(C(=O)N(C)Cc2ccccc2OCCO)c(O)cc1O. The van der Waals surface area contributed by atoms with Crippen molar-refractivity contribution in [3.05, 3.63) is 89.6 Å². The Hall–Kier alpha value is -4.30. The Morgan fingerprint density at radius 3 is 2.54 bits per heavy atom. The van der Waals surface area contributed by atoms with Crippen molar-refractivity contribution in [2.75, 3.05) is 20.3 Å². The number of aliphatic hydroxyl groups is 1. The summed E-state index contributed by atoms with van der Waals surface area (Å²) >= 11 is 0. The highest BCUT2D eigenvalue weighted by Crippen LogP contribution is 2.36. The lowest BCUT2D eigenvalue weighted by molar-refractivity contribution is 0.0780. The van der Waals surface area contributed by atoms with Crippen LogP contribution in [0.2, 0.25) is 0 Å². The first-order valence-corrected chi connectivity index (χ1v) is 11.1. The second-order valence-corrected chi connectivity index (χ2v) is 8.14. The molecule has 0 aliphatic carbocycles. The largest absolute Gasteiger partial charge is 0.507 e. The number of ether oxygens (including phenoxy) is 1. The van der Waals surface area contributed by atoms with E-state index in [4.69, 9.17) is 9.84 Å². The molecule has 0 aliphatic rings. The number of phenols is 2. The highest BCUT2D eigenvalue weighted by molar-refractivity contribution is 5.98. The van der Waals surface area contributed by atoms with Crippen molar-refractivity contribution in [1.29, 1.82) is 0 Å². The molecule has 180 valence electrons. The number of benzene rings is 3. The molecule has 0 radical (unpaired) electrons. The molecule has 3 N–H and O–H groups in total. The lowest BCUT2D eigenvalue weighted by Crippen LogP contribution is -2.26. The van der Waals surface area contributed by atoms with Crippen LogP contribution in [0.4, 0.5) is 0 Å². The Morgan fingerprint density at radius 2 is 1.77 bits per heavy atom. The lowest BCUT2D eigenvalue weighted by atomic mass is 10.0. The summed E-state index contributed by atoms with van der Waals surface area (Å²) in [5.74, 6) is -0.351. The molecule has 0 aliphatic heterocycles. The summed E-state index contributed by atoms with van der Waals surface area (Å²) < 4.78 is 7.25. The molecule has 1 amide bonds. The van der Waals surface area contributed by atoms with Crippen LogP contribution in [0.5, 0.6) is 17.2 Å². The maximum absolute atomic E-state index is 13.3. The van der Waals surface area contributed by atoms with Gasteiger partial charge in [-0.3, -0.25) is 4.79 Å². The van der Waals surface area contributed by atoms with Crippen LogP contribution in [-0.2, 0) is 6.54 Å². The summed E-state index contributed by atoms with van der Waals surface area (Å²) in [4.78, 5) is 14.8. The van der Waals surface area contributed by atoms with Crippen LogP contribution in [-0.4, -0.2) is 56.2 Å². The van der Waals surface area contributed by atoms with Crippen molar-refractivity contribution < 1.29 is 24.9 Å². The van der Waals surface area contributed by atoms with Gasteiger partial charge in [0, 0.05) is 30.8 Å². The zero-order valence-corrected chi connectivity index (χ0v) is 19.5. The van der Waals surface area contributed by atoms with E-state index in [0.717, 1.165) is 16.8 Å². The molecule has 0 spiro atoms. The molecular weight excluding hydrogens is 446 g/mol.